The van der Waals surface area contributed by atoms with Gasteiger partial charge in [-0.05, 0) is 6.92 Å². The SMILES string of the molecule is C=C(C)C1=N[C@H]2[C@@H](O1)O[C@H](CO)[C@@H](O)[C@@H]2O[C@@H]1O[C@H](C(=O)O)[C@@H](O)[C@H](O)[C@H]1O. The smallest absolute Gasteiger partial charge is 0.335 e. The van der Waals surface area contributed by atoms with Gasteiger partial charge >= 0.3 is 5.97 Å². The monoisotopic (exact) mass is 405 g/mol. The standard InChI is InChI=1S/C16H23NO11/c1-4(2)13-17-6-11(7(19)5(3-18)25-15(6)28-13)26-16-10(22)8(20)9(21)12(27-16)14(23)24/h5-12,15-16,18-22H,1,3H2,2H3,(H,23,24)/t5-,6-,7-,8+,9+,10-,11-,12+,15-,16-/m1/s1. The Labute approximate surface area is 159 Å². The number of aliphatic hydroxyl groups excluding tert-OH is 5. The summed E-state index contributed by atoms with van der Waals surface area (Å²) in [6.07, 6.45) is -13.9. The molecule has 0 radical (unpaired) electrons. The maximum absolute atomic E-state index is 11.2. The third-order valence-electron chi connectivity index (χ3n) is 4.79. The van der Waals surface area contributed by atoms with Crippen molar-refractivity contribution in [3.63, 3.8) is 0 Å². The van der Waals surface area contributed by atoms with Gasteiger partial charge in [0.05, 0.1) is 6.61 Å². The van der Waals surface area contributed by atoms with E-state index in [9.17, 15) is 30.3 Å². The molecule has 0 aromatic heterocycles. The van der Waals surface area contributed by atoms with Crippen LogP contribution < -0.4 is 0 Å². The third-order valence-corrected chi connectivity index (χ3v) is 4.79. The molecule has 12 heteroatoms. The van der Waals surface area contributed by atoms with Crippen LogP contribution in [0.3, 0.4) is 0 Å². The Bertz CT molecular complexity index is 655. The van der Waals surface area contributed by atoms with E-state index < -0.39 is 73.9 Å². The molecule has 158 valence electrons. The van der Waals surface area contributed by atoms with Crippen molar-refractivity contribution in [3.8, 4) is 0 Å². The van der Waals surface area contributed by atoms with Gasteiger partial charge in [0.25, 0.3) is 0 Å². The first kappa shape index (κ1) is 21.1. The van der Waals surface area contributed by atoms with Crippen LogP contribution in [0.25, 0.3) is 0 Å². The van der Waals surface area contributed by atoms with Crippen LogP contribution in [0.4, 0.5) is 0 Å². The molecule has 6 N–H and O–H groups in total. The maximum Gasteiger partial charge on any atom is 0.335 e. The van der Waals surface area contributed by atoms with Gasteiger partial charge in [0, 0.05) is 5.57 Å². The van der Waals surface area contributed by atoms with E-state index in [4.69, 9.17) is 24.1 Å². The van der Waals surface area contributed by atoms with Crippen LogP contribution in [-0.2, 0) is 23.7 Å². The minimum absolute atomic E-state index is 0.151. The van der Waals surface area contributed by atoms with Crippen LogP contribution in [0.5, 0.6) is 0 Å². The van der Waals surface area contributed by atoms with Gasteiger partial charge < -0.3 is 49.6 Å². The van der Waals surface area contributed by atoms with E-state index in [1.54, 1.807) is 6.92 Å². The van der Waals surface area contributed by atoms with E-state index in [0.717, 1.165) is 0 Å². The Morgan fingerprint density at radius 3 is 2.39 bits per heavy atom. The predicted octanol–water partition coefficient (Wildman–Crippen LogP) is -3.28. The summed E-state index contributed by atoms with van der Waals surface area (Å²) in [5.41, 5.74) is 0.477. The number of aliphatic imine (C=N–C) groups is 1. The zero-order valence-electron chi connectivity index (χ0n) is 14.9. The predicted molar refractivity (Wildman–Crippen MR) is 88.1 cm³/mol. The molecule has 3 heterocycles. The van der Waals surface area contributed by atoms with Crippen LogP contribution in [-0.4, -0.2) is 110 Å². The molecule has 0 aromatic rings. The first-order valence-corrected chi connectivity index (χ1v) is 8.58. The summed E-state index contributed by atoms with van der Waals surface area (Å²) in [5.74, 6) is -1.42. The molecule has 0 unspecified atom stereocenters. The van der Waals surface area contributed by atoms with Gasteiger partial charge in [-0.1, -0.05) is 6.58 Å². The van der Waals surface area contributed by atoms with Crippen molar-refractivity contribution in [1.82, 2.24) is 0 Å². The van der Waals surface area contributed by atoms with Crippen LogP contribution in [0, 0.1) is 0 Å². The minimum Gasteiger partial charge on any atom is -0.479 e. The molecule has 12 nitrogen and oxygen atoms in total. The zero-order valence-corrected chi connectivity index (χ0v) is 14.9. The fourth-order valence-corrected chi connectivity index (χ4v) is 3.25. The number of hydrogen-bond donors (Lipinski definition) is 6. The van der Waals surface area contributed by atoms with Crippen molar-refractivity contribution in [3.05, 3.63) is 12.2 Å². The van der Waals surface area contributed by atoms with Crippen molar-refractivity contribution in [2.45, 2.75) is 68.3 Å². The van der Waals surface area contributed by atoms with E-state index in [2.05, 4.69) is 11.6 Å². The molecule has 28 heavy (non-hydrogen) atoms. The summed E-state index contributed by atoms with van der Waals surface area (Å²) in [6.45, 7) is 4.75. The molecule has 0 aromatic carbocycles. The maximum atomic E-state index is 11.2. The lowest BCUT2D eigenvalue weighted by Gasteiger charge is -2.44. The molecule has 0 saturated carbocycles. The highest BCUT2D eigenvalue weighted by Gasteiger charge is 2.54. The zero-order chi connectivity index (χ0) is 20.7. The van der Waals surface area contributed by atoms with Gasteiger partial charge in [0.1, 0.15) is 42.7 Å². The second-order valence-electron chi connectivity index (χ2n) is 6.87. The fourth-order valence-electron chi connectivity index (χ4n) is 3.25. The highest BCUT2D eigenvalue weighted by Crippen LogP contribution is 2.34. The van der Waals surface area contributed by atoms with Crippen molar-refractivity contribution >= 4 is 11.9 Å². The number of rotatable bonds is 5. The molecule has 3 rings (SSSR count). The third kappa shape index (κ3) is 3.65. The van der Waals surface area contributed by atoms with Gasteiger partial charge in [-0.25, -0.2) is 9.79 Å². The van der Waals surface area contributed by atoms with Crippen LogP contribution in [0.2, 0.25) is 0 Å². The van der Waals surface area contributed by atoms with Gasteiger partial charge in [0.15, 0.2) is 12.4 Å². The molecule has 2 fully saturated rings. The molecule has 10 atom stereocenters. The summed E-state index contributed by atoms with van der Waals surface area (Å²) >= 11 is 0. The van der Waals surface area contributed by atoms with E-state index in [1.165, 1.54) is 0 Å². The topological polar surface area (TPSA) is 188 Å². The molecule has 3 aliphatic heterocycles. The first-order valence-electron chi connectivity index (χ1n) is 8.58. The van der Waals surface area contributed by atoms with Gasteiger partial charge in [-0.2, -0.15) is 0 Å². The highest BCUT2D eigenvalue weighted by atomic mass is 16.7. The van der Waals surface area contributed by atoms with E-state index >= 15 is 0 Å². The summed E-state index contributed by atoms with van der Waals surface area (Å²) in [5, 5.41) is 58.9. The number of carboxylic acids is 1. The second kappa shape index (κ2) is 8.00. The molecule has 0 bridgehead atoms. The Morgan fingerprint density at radius 2 is 1.82 bits per heavy atom. The Kier molecular flexibility index (Phi) is 6.03. The summed E-state index contributed by atoms with van der Waals surface area (Å²) in [4.78, 5) is 15.5. The molecule has 0 amide bonds. The molecule has 3 aliphatic rings. The normalized spacial score (nSPS) is 45.7. The Hall–Kier alpha value is -1.64. The molecule has 2 saturated heterocycles. The van der Waals surface area contributed by atoms with E-state index in [0.29, 0.717) is 5.57 Å². The number of nitrogens with zero attached hydrogens (tertiary/aromatic N) is 1. The number of hydrogen-bond acceptors (Lipinski definition) is 11. The number of aliphatic carboxylic acids is 1. The average Bonchev–Trinajstić information content (AvgIpc) is 3.07. The van der Waals surface area contributed by atoms with Crippen molar-refractivity contribution < 1.29 is 54.4 Å². The quantitative estimate of drug-likeness (QED) is 0.269. The lowest BCUT2D eigenvalue weighted by atomic mass is 9.96. The van der Waals surface area contributed by atoms with Crippen LogP contribution in [0.1, 0.15) is 6.92 Å². The van der Waals surface area contributed by atoms with Crippen LogP contribution in [0.15, 0.2) is 17.1 Å². The largest absolute Gasteiger partial charge is 0.479 e. The molecule has 0 spiro atoms. The second-order valence-corrected chi connectivity index (χ2v) is 6.87. The fraction of sp³-hybridized carbons (Fsp3) is 0.750. The first-order chi connectivity index (χ1) is 13.1. The van der Waals surface area contributed by atoms with E-state index in [-0.39, 0.29) is 5.90 Å². The number of fused-ring (bicyclic) bond motifs is 1. The summed E-state index contributed by atoms with van der Waals surface area (Å²) < 4.78 is 21.6. The summed E-state index contributed by atoms with van der Waals surface area (Å²) in [6, 6.07) is -0.937. The highest BCUT2D eigenvalue weighted by molar-refractivity contribution is 5.93. The Balaban J connectivity index is 1.84. The number of carboxylic acid groups (broad SMARTS) is 1. The van der Waals surface area contributed by atoms with Crippen LogP contribution >= 0.6 is 0 Å². The average molecular weight is 405 g/mol. The molecular formula is C16H23NO11. The van der Waals surface area contributed by atoms with Crippen molar-refractivity contribution in [2.75, 3.05) is 6.61 Å². The van der Waals surface area contributed by atoms with Gasteiger partial charge in [0.2, 0.25) is 12.2 Å². The lowest BCUT2D eigenvalue weighted by Crippen LogP contribution is -2.64. The molecular weight excluding hydrogens is 382 g/mol. The molecule has 0 aliphatic carbocycles. The number of aliphatic hydroxyl groups is 5. The minimum atomic E-state index is -1.88. The van der Waals surface area contributed by atoms with Crippen molar-refractivity contribution in [1.29, 1.82) is 0 Å². The number of ether oxygens (including phenoxy) is 4. The number of carbonyl (C=O) groups is 1. The van der Waals surface area contributed by atoms with Gasteiger partial charge in [-0.15, -0.1) is 0 Å². The summed E-state index contributed by atoms with van der Waals surface area (Å²) in [7, 11) is 0. The van der Waals surface area contributed by atoms with Crippen molar-refractivity contribution in [2.24, 2.45) is 4.99 Å². The lowest BCUT2D eigenvalue weighted by molar-refractivity contribution is -0.331. The Morgan fingerprint density at radius 1 is 1.14 bits per heavy atom. The van der Waals surface area contributed by atoms with Gasteiger partial charge in [-0.3, -0.25) is 0 Å². The van der Waals surface area contributed by atoms with E-state index in [1.807, 2.05) is 0 Å².